The molecule has 0 radical (unpaired) electrons. The standard InChI is InChI=1S/C13H17N3O4S2/c1-6-5-10(9(4)21-6)22(19,20)16-12(13(17)18)11-7(2)14-15-8(11)3/h5,12,16H,1-4H3,(H,14,15)(H,17,18)/t12-/m1/s1. The molecule has 0 aliphatic carbocycles. The van der Waals surface area contributed by atoms with Crippen LogP contribution < -0.4 is 4.72 Å². The molecule has 0 amide bonds. The Labute approximate surface area is 132 Å². The van der Waals surface area contributed by atoms with E-state index >= 15 is 0 Å². The molecule has 0 saturated carbocycles. The lowest BCUT2D eigenvalue weighted by Gasteiger charge is -2.15. The number of aryl methyl sites for hydroxylation is 4. The van der Waals surface area contributed by atoms with Crippen LogP contribution in [-0.2, 0) is 14.8 Å². The molecule has 0 fully saturated rings. The van der Waals surface area contributed by atoms with Gasteiger partial charge in [-0.05, 0) is 33.8 Å². The highest BCUT2D eigenvalue weighted by Gasteiger charge is 2.31. The van der Waals surface area contributed by atoms with Crippen LogP contribution >= 0.6 is 11.3 Å². The number of aromatic amines is 1. The summed E-state index contributed by atoms with van der Waals surface area (Å²) in [7, 11) is -3.94. The van der Waals surface area contributed by atoms with Crippen molar-refractivity contribution in [1.29, 1.82) is 0 Å². The molecule has 3 N–H and O–H groups in total. The molecule has 9 heteroatoms. The predicted octanol–water partition coefficient (Wildman–Crippen LogP) is 1.81. The molecule has 0 unspecified atom stereocenters. The fraction of sp³-hybridized carbons (Fsp3) is 0.385. The molecule has 0 spiro atoms. The molecule has 2 heterocycles. The maximum absolute atomic E-state index is 12.5. The van der Waals surface area contributed by atoms with E-state index in [4.69, 9.17) is 0 Å². The van der Waals surface area contributed by atoms with Crippen LogP contribution in [0.15, 0.2) is 11.0 Å². The molecule has 120 valence electrons. The van der Waals surface area contributed by atoms with Gasteiger partial charge in [-0.25, -0.2) is 8.42 Å². The number of aromatic nitrogens is 2. The van der Waals surface area contributed by atoms with Gasteiger partial charge < -0.3 is 5.11 Å². The molecular formula is C13H17N3O4S2. The Morgan fingerprint density at radius 3 is 2.41 bits per heavy atom. The van der Waals surface area contributed by atoms with Crippen molar-refractivity contribution in [3.05, 3.63) is 32.8 Å². The van der Waals surface area contributed by atoms with E-state index < -0.39 is 22.0 Å². The first-order chi connectivity index (χ1) is 10.1. The number of H-pyrrole nitrogens is 1. The van der Waals surface area contributed by atoms with E-state index in [1.165, 1.54) is 17.4 Å². The second kappa shape index (κ2) is 5.82. The molecular weight excluding hydrogens is 326 g/mol. The average molecular weight is 343 g/mol. The van der Waals surface area contributed by atoms with E-state index in [0.717, 1.165) is 4.88 Å². The SMILES string of the molecule is Cc1cc(S(=O)(=O)N[C@@H](C(=O)O)c2c(C)n[nH]c2C)c(C)s1. The average Bonchev–Trinajstić information content (AvgIpc) is 2.90. The van der Waals surface area contributed by atoms with Crippen molar-refractivity contribution < 1.29 is 18.3 Å². The number of rotatable bonds is 5. The molecule has 1 atom stereocenters. The molecule has 2 rings (SSSR count). The number of carboxylic acids is 1. The minimum atomic E-state index is -3.94. The molecule has 7 nitrogen and oxygen atoms in total. The van der Waals surface area contributed by atoms with Gasteiger partial charge >= 0.3 is 5.97 Å². The smallest absolute Gasteiger partial charge is 0.326 e. The first kappa shape index (κ1) is 16.7. The van der Waals surface area contributed by atoms with E-state index in [1.807, 2.05) is 0 Å². The molecule has 0 saturated heterocycles. The Hall–Kier alpha value is -1.71. The van der Waals surface area contributed by atoms with Crippen LogP contribution in [0.3, 0.4) is 0 Å². The third-order valence-electron chi connectivity index (χ3n) is 3.28. The van der Waals surface area contributed by atoms with Crippen molar-refractivity contribution in [2.45, 2.75) is 38.6 Å². The highest BCUT2D eigenvalue weighted by molar-refractivity contribution is 7.89. The van der Waals surface area contributed by atoms with Gasteiger partial charge in [0.25, 0.3) is 0 Å². The lowest BCUT2D eigenvalue weighted by atomic mass is 10.1. The van der Waals surface area contributed by atoms with E-state index in [0.29, 0.717) is 21.8 Å². The van der Waals surface area contributed by atoms with Crippen LogP contribution in [0, 0.1) is 27.7 Å². The van der Waals surface area contributed by atoms with Gasteiger partial charge in [0.2, 0.25) is 10.0 Å². The van der Waals surface area contributed by atoms with Crippen LogP contribution in [0.25, 0.3) is 0 Å². The first-order valence-electron chi connectivity index (χ1n) is 6.47. The summed E-state index contributed by atoms with van der Waals surface area (Å²) in [6.45, 7) is 6.77. The summed E-state index contributed by atoms with van der Waals surface area (Å²) in [5.74, 6) is -1.28. The van der Waals surface area contributed by atoms with Crippen LogP contribution in [-0.4, -0.2) is 29.7 Å². The summed E-state index contributed by atoms with van der Waals surface area (Å²) in [6.07, 6.45) is 0. The molecule has 0 aromatic carbocycles. The molecule has 2 aromatic heterocycles. The topological polar surface area (TPSA) is 112 Å². The molecule has 0 bridgehead atoms. The lowest BCUT2D eigenvalue weighted by molar-refractivity contribution is -0.139. The van der Waals surface area contributed by atoms with Crippen molar-refractivity contribution in [3.8, 4) is 0 Å². The van der Waals surface area contributed by atoms with Crippen LogP contribution in [0.4, 0.5) is 0 Å². The quantitative estimate of drug-likeness (QED) is 0.766. The number of nitrogens with one attached hydrogen (secondary N) is 2. The van der Waals surface area contributed by atoms with Gasteiger partial charge in [-0.3, -0.25) is 9.89 Å². The Morgan fingerprint density at radius 1 is 1.36 bits per heavy atom. The number of carbonyl (C=O) groups is 1. The fourth-order valence-electron chi connectivity index (χ4n) is 2.31. The van der Waals surface area contributed by atoms with Crippen molar-refractivity contribution in [1.82, 2.24) is 14.9 Å². The Morgan fingerprint density at radius 2 is 2.00 bits per heavy atom. The normalized spacial score (nSPS) is 13.3. The number of thiophene rings is 1. The maximum atomic E-state index is 12.5. The summed E-state index contributed by atoms with van der Waals surface area (Å²) in [5, 5.41) is 16.0. The predicted molar refractivity (Wildman–Crippen MR) is 82.6 cm³/mol. The van der Waals surface area contributed by atoms with Crippen LogP contribution in [0.5, 0.6) is 0 Å². The molecule has 0 aliphatic heterocycles. The summed E-state index contributed by atoms with van der Waals surface area (Å²) < 4.78 is 27.3. The van der Waals surface area contributed by atoms with Gasteiger partial charge in [0.1, 0.15) is 6.04 Å². The Balaban J connectivity index is 2.45. The number of hydrogen-bond donors (Lipinski definition) is 3. The van der Waals surface area contributed by atoms with Crippen LogP contribution in [0.1, 0.15) is 32.7 Å². The minimum Gasteiger partial charge on any atom is -0.480 e. The van der Waals surface area contributed by atoms with Gasteiger partial charge in [0.15, 0.2) is 0 Å². The van der Waals surface area contributed by atoms with Gasteiger partial charge in [0, 0.05) is 21.0 Å². The third kappa shape index (κ3) is 3.06. The zero-order valence-corrected chi connectivity index (χ0v) is 14.2. The van der Waals surface area contributed by atoms with Crippen molar-refractivity contribution in [2.24, 2.45) is 0 Å². The highest BCUT2D eigenvalue weighted by atomic mass is 32.2. The number of nitrogens with zero attached hydrogens (tertiary/aromatic N) is 1. The second-order valence-corrected chi connectivity index (χ2v) is 8.16. The maximum Gasteiger partial charge on any atom is 0.326 e. The van der Waals surface area contributed by atoms with Crippen molar-refractivity contribution in [2.75, 3.05) is 0 Å². The molecule has 2 aromatic rings. The van der Waals surface area contributed by atoms with E-state index in [1.54, 1.807) is 27.7 Å². The van der Waals surface area contributed by atoms with Gasteiger partial charge in [0.05, 0.1) is 10.6 Å². The summed E-state index contributed by atoms with van der Waals surface area (Å²) in [6, 6.07) is 0.152. The van der Waals surface area contributed by atoms with Gasteiger partial charge in [-0.1, -0.05) is 0 Å². The monoisotopic (exact) mass is 343 g/mol. The zero-order valence-electron chi connectivity index (χ0n) is 12.6. The number of sulfonamides is 1. The highest BCUT2D eigenvalue weighted by Crippen LogP contribution is 2.27. The molecule has 0 aliphatic rings. The van der Waals surface area contributed by atoms with E-state index in [2.05, 4.69) is 14.9 Å². The number of aliphatic carboxylic acids is 1. The van der Waals surface area contributed by atoms with E-state index in [9.17, 15) is 18.3 Å². The second-order valence-electron chi connectivity index (χ2n) is 5.02. The lowest BCUT2D eigenvalue weighted by Crippen LogP contribution is -2.34. The number of hydrogen-bond acceptors (Lipinski definition) is 5. The first-order valence-corrected chi connectivity index (χ1v) is 8.77. The van der Waals surface area contributed by atoms with Gasteiger partial charge in [-0.15, -0.1) is 11.3 Å². The van der Waals surface area contributed by atoms with E-state index in [-0.39, 0.29) is 4.90 Å². The van der Waals surface area contributed by atoms with Crippen molar-refractivity contribution >= 4 is 27.3 Å². The largest absolute Gasteiger partial charge is 0.480 e. The Bertz CT molecular complexity index is 801. The zero-order chi connectivity index (χ0) is 16.7. The van der Waals surface area contributed by atoms with Gasteiger partial charge in [-0.2, -0.15) is 9.82 Å². The van der Waals surface area contributed by atoms with Crippen LogP contribution in [0.2, 0.25) is 0 Å². The Kier molecular flexibility index (Phi) is 4.41. The summed E-state index contributed by atoms with van der Waals surface area (Å²) >= 11 is 1.35. The number of carboxylic acid groups (broad SMARTS) is 1. The third-order valence-corrected chi connectivity index (χ3v) is 5.92. The fourth-order valence-corrected chi connectivity index (χ4v) is 5.02. The summed E-state index contributed by atoms with van der Waals surface area (Å²) in [4.78, 5) is 13.1. The minimum absolute atomic E-state index is 0.111. The van der Waals surface area contributed by atoms with Crippen molar-refractivity contribution in [3.63, 3.8) is 0 Å². The molecule has 22 heavy (non-hydrogen) atoms. The summed E-state index contributed by atoms with van der Waals surface area (Å²) in [5.41, 5.74) is 1.30.